The number of nitrogens with one attached hydrogen (secondary N) is 1. The molecule has 0 amide bonds. The molecule has 3 aromatic rings. The van der Waals surface area contributed by atoms with Gasteiger partial charge in [-0.1, -0.05) is 97.0 Å². The molecule has 196 valence electrons. The van der Waals surface area contributed by atoms with Crippen molar-refractivity contribution in [1.29, 1.82) is 0 Å². The molecule has 2 aromatic carbocycles. The molecule has 3 rings (SSSR count). The minimum absolute atomic E-state index is 0. The van der Waals surface area contributed by atoms with Crippen molar-refractivity contribution in [3.05, 3.63) is 87.2 Å². The number of benzene rings is 2. The van der Waals surface area contributed by atoms with E-state index in [4.69, 9.17) is 4.99 Å². The van der Waals surface area contributed by atoms with Crippen LogP contribution in [0.1, 0.15) is 87.4 Å². The van der Waals surface area contributed by atoms with Gasteiger partial charge >= 0.3 is 16.5 Å². The summed E-state index contributed by atoms with van der Waals surface area (Å²) < 4.78 is 0. The fourth-order valence-corrected chi connectivity index (χ4v) is 4.13. The summed E-state index contributed by atoms with van der Waals surface area (Å²) in [5, 5.41) is 0. The van der Waals surface area contributed by atoms with Crippen molar-refractivity contribution < 1.29 is 55.2 Å². The Bertz CT molecular complexity index is 1220. The molecule has 0 saturated heterocycles. The summed E-state index contributed by atoms with van der Waals surface area (Å²) >= 11 is 0. The number of Topliss-reactive ketones (excluding diaryl/α,β-unsaturated/α-hetero) is 1. The molecule has 0 fully saturated rings. The smallest absolute Gasteiger partial charge is 1.00 e. The average Bonchev–Trinajstić information content (AvgIpc) is 2.76. The van der Waals surface area contributed by atoms with Gasteiger partial charge in [0.2, 0.25) is 5.78 Å². The largest absolute Gasteiger partial charge is 2.00 e. The summed E-state index contributed by atoms with van der Waals surface area (Å²) in [7, 11) is 0. The zero-order valence-electron chi connectivity index (χ0n) is 21.8. The molecular formula is C29H34Br2N2NiO2. The summed E-state index contributed by atoms with van der Waals surface area (Å²) in [4.78, 5) is 34.2. The number of aliphatic imine (C=N–C) groups is 1. The van der Waals surface area contributed by atoms with Gasteiger partial charge in [0.25, 0.3) is 5.56 Å². The summed E-state index contributed by atoms with van der Waals surface area (Å²) in [5.74, 6) is 0.289. The quantitative estimate of drug-likeness (QED) is 0.245. The van der Waals surface area contributed by atoms with E-state index in [1.165, 1.54) is 6.21 Å². The van der Waals surface area contributed by atoms with Crippen molar-refractivity contribution in [3.8, 4) is 11.3 Å². The Balaban J connectivity index is 0.00000408. The fraction of sp³-hybridized carbons (Fsp3) is 0.345. The molecule has 0 radical (unpaired) electrons. The number of aromatic amines is 1. The van der Waals surface area contributed by atoms with E-state index in [1.807, 2.05) is 57.2 Å². The molecule has 0 saturated carbocycles. The van der Waals surface area contributed by atoms with Crippen molar-refractivity contribution in [1.82, 2.24) is 4.98 Å². The molecule has 1 aromatic heterocycles. The van der Waals surface area contributed by atoms with Gasteiger partial charge in [-0.25, -0.2) is 0 Å². The van der Waals surface area contributed by atoms with E-state index in [-0.39, 0.29) is 73.6 Å². The predicted octanol–water partition coefficient (Wildman–Crippen LogP) is 1.18. The van der Waals surface area contributed by atoms with Crippen LogP contribution in [0, 0.1) is 0 Å². The van der Waals surface area contributed by atoms with Gasteiger partial charge in [0.15, 0.2) is 0 Å². The van der Waals surface area contributed by atoms with Gasteiger partial charge in [-0.2, -0.15) is 0 Å². The van der Waals surface area contributed by atoms with Crippen LogP contribution in [0.5, 0.6) is 0 Å². The van der Waals surface area contributed by atoms with E-state index in [0.717, 1.165) is 22.4 Å². The van der Waals surface area contributed by atoms with Crippen LogP contribution in [0.15, 0.2) is 64.4 Å². The van der Waals surface area contributed by atoms with Crippen LogP contribution in [0.2, 0.25) is 0 Å². The second-order valence-electron chi connectivity index (χ2n) is 10.1. The number of rotatable bonds is 6. The molecular weight excluding hydrogens is 627 g/mol. The summed E-state index contributed by atoms with van der Waals surface area (Å²) in [5.41, 5.74) is 4.66. The number of ketones is 1. The zero-order chi connectivity index (χ0) is 24.3. The van der Waals surface area contributed by atoms with Gasteiger partial charge in [-0.15, -0.1) is 0 Å². The Morgan fingerprint density at radius 3 is 1.89 bits per heavy atom. The first kappa shape index (κ1) is 34.2. The van der Waals surface area contributed by atoms with Crippen LogP contribution in [-0.2, 0) is 21.9 Å². The average molecular weight is 661 g/mol. The van der Waals surface area contributed by atoms with Crippen LogP contribution in [-0.4, -0.2) is 17.0 Å². The number of aromatic nitrogens is 1. The first-order chi connectivity index (χ1) is 15.5. The Morgan fingerprint density at radius 1 is 0.889 bits per heavy atom. The number of nitrogens with zero attached hydrogens (tertiary/aromatic N) is 1. The fourth-order valence-electron chi connectivity index (χ4n) is 4.13. The first-order valence-electron chi connectivity index (χ1n) is 11.5. The topological polar surface area (TPSA) is 62.3 Å². The molecule has 0 bridgehead atoms. The SMILES string of the molecule is CC(C)c1cccc(C(C)C)c1N=CC(=O)c1cc(-c2ccccc2)[nH]c(=O)c1C(C)(C)C.[Br-].[Br-].[Ni+2]. The number of para-hydroxylation sites is 1. The maximum atomic E-state index is 13.5. The molecule has 7 heteroatoms. The Labute approximate surface area is 245 Å². The van der Waals surface area contributed by atoms with Crippen molar-refractivity contribution in [2.75, 3.05) is 0 Å². The third kappa shape index (κ3) is 7.84. The maximum Gasteiger partial charge on any atom is 2.00 e. The first-order valence-corrected chi connectivity index (χ1v) is 11.5. The van der Waals surface area contributed by atoms with E-state index in [1.54, 1.807) is 6.07 Å². The zero-order valence-corrected chi connectivity index (χ0v) is 25.9. The third-order valence-electron chi connectivity index (χ3n) is 5.79. The molecule has 1 N–H and O–H groups in total. The third-order valence-corrected chi connectivity index (χ3v) is 5.79. The van der Waals surface area contributed by atoms with Crippen LogP contribution in [0.3, 0.4) is 0 Å². The van der Waals surface area contributed by atoms with Crippen LogP contribution < -0.4 is 39.5 Å². The summed E-state index contributed by atoms with van der Waals surface area (Å²) in [6.07, 6.45) is 1.38. The molecule has 0 unspecified atom stereocenters. The van der Waals surface area contributed by atoms with E-state index >= 15 is 0 Å². The molecule has 0 aliphatic carbocycles. The maximum absolute atomic E-state index is 13.5. The monoisotopic (exact) mass is 658 g/mol. The Kier molecular flexibility index (Phi) is 13.5. The number of carbonyl (C=O) groups excluding carboxylic acids is 1. The summed E-state index contributed by atoms with van der Waals surface area (Å²) in [6.45, 7) is 14.3. The van der Waals surface area contributed by atoms with Crippen molar-refractivity contribution in [3.63, 3.8) is 0 Å². The number of H-pyrrole nitrogens is 1. The van der Waals surface area contributed by atoms with Crippen molar-refractivity contribution in [2.45, 2.75) is 65.7 Å². The van der Waals surface area contributed by atoms with Crippen molar-refractivity contribution >= 4 is 17.7 Å². The van der Waals surface area contributed by atoms with Gasteiger partial charge in [0.1, 0.15) is 0 Å². The normalized spacial score (nSPS) is 11.1. The number of carbonyl (C=O) groups is 1. The van der Waals surface area contributed by atoms with Crippen LogP contribution >= 0.6 is 0 Å². The van der Waals surface area contributed by atoms with E-state index in [2.05, 4.69) is 44.8 Å². The van der Waals surface area contributed by atoms with Gasteiger partial charge in [0.05, 0.1) is 11.9 Å². The Morgan fingerprint density at radius 2 is 1.42 bits per heavy atom. The van der Waals surface area contributed by atoms with E-state index in [9.17, 15) is 9.59 Å². The minimum atomic E-state index is -0.499. The standard InChI is InChI=1S/C29H34N2O2.2BrH.Ni/c1-18(2)21-14-11-15-22(19(3)4)27(21)30-17-25(32)23-16-24(20-12-9-8-10-13-20)31-28(33)26(23)29(5,6)7;;;/h8-19H,1-7H3,(H,31,33);2*1H;/q;;;+2/p-2. The molecule has 0 spiro atoms. The number of hydrogen-bond donors (Lipinski definition) is 1. The van der Waals surface area contributed by atoms with Crippen LogP contribution in [0.4, 0.5) is 5.69 Å². The minimum Gasteiger partial charge on any atom is -1.00 e. The van der Waals surface area contributed by atoms with Crippen molar-refractivity contribution in [2.24, 2.45) is 4.99 Å². The van der Waals surface area contributed by atoms with Gasteiger partial charge in [-0.3, -0.25) is 14.6 Å². The number of hydrogen-bond acceptors (Lipinski definition) is 3. The van der Waals surface area contributed by atoms with Crippen LogP contribution in [0.25, 0.3) is 11.3 Å². The van der Waals surface area contributed by atoms with Gasteiger partial charge in [0, 0.05) is 16.8 Å². The molecule has 0 aliphatic heterocycles. The van der Waals surface area contributed by atoms with Gasteiger partial charge in [-0.05, 0) is 40.0 Å². The number of halogens is 2. The van der Waals surface area contributed by atoms with E-state index in [0.29, 0.717) is 16.8 Å². The summed E-state index contributed by atoms with van der Waals surface area (Å²) in [6, 6.07) is 17.5. The van der Waals surface area contributed by atoms with E-state index < -0.39 is 5.41 Å². The molecule has 36 heavy (non-hydrogen) atoms. The molecule has 0 aliphatic rings. The van der Waals surface area contributed by atoms with Gasteiger partial charge < -0.3 is 38.9 Å². The number of pyridine rings is 1. The molecule has 4 nitrogen and oxygen atoms in total. The Hall–Kier alpha value is -1.82. The second-order valence-corrected chi connectivity index (χ2v) is 10.1. The molecule has 0 atom stereocenters. The molecule has 1 heterocycles. The second kappa shape index (κ2) is 14.2. The predicted molar refractivity (Wildman–Crippen MR) is 138 cm³/mol.